The molecule has 1 aliphatic heterocycles. The Kier molecular flexibility index (Phi) is 5.98. The normalized spacial score (nSPS) is 20.1. The molecule has 22 heavy (non-hydrogen) atoms. The van der Waals surface area contributed by atoms with Gasteiger partial charge in [0.25, 0.3) is 0 Å². The molecule has 1 aromatic carbocycles. The molecule has 1 N–H and O–H groups in total. The summed E-state index contributed by atoms with van der Waals surface area (Å²) in [5, 5.41) is 8.94. The highest BCUT2D eigenvalue weighted by molar-refractivity contribution is 5.69. The molecule has 0 radical (unpaired) electrons. The van der Waals surface area contributed by atoms with Crippen LogP contribution in [0.25, 0.3) is 0 Å². The molecule has 0 saturated carbocycles. The van der Waals surface area contributed by atoms with Crippen LogP contribution in [0.2, 0.25) is 0 Å². The predicted molar refractivity (Wildman–Crippen MR) is 89.1 cm³/mol. The molecule has 2 rings (SSSR count). The van der Waals surface area contributed by atoms with Gasteiger partial charge in [-0.25, -0.2) is 0 Å². The minimum atomic E-state index is -0.737. The van der Waals surface area contributed by atoms with Crippen molar-refractivity contribution in [2.24, 2.45) is 0 Å². The number of likely N-dealkylation sites (tertiary alicyclic amines) is 1. The van der Waals surface area contributed by atoms with E-state index in [9.17, 15) is 4.79 Å². The van der Waals surface area contributed by atoms with Crippen molar-refractivity contribution in [3.8, 4) is 0 Å². The number of likely N-dealkylation sites (N-methyl/N-ethyl adjacent to an activating group) is 1. The van der Waals surface area contributed by atoms with Crippen LogP contribution in [0.3, 0.4) is 0 Å². The lowest BCUT2D eigenvalue weighted by Gasteiger charge is -2.26. The van der Waals surface area contributed by atoms with E-state index in [0.29, 0.717) is 6.04 Å². The van der Waals surface area contributed by atoms with Gasteiger partial charge < -0.3 is 5.11 Å². The van der Waals surface area contributed by atoms with Gasteiger partial charge in [0.1, 0.15) is 0 Å². The smallest absolute Gasteiger partial charge is 0.317 e. The molecule has 1 aromatic rings. The van der Waals surface area contributed by atoms with Crippen LogP contribution in [0.15, 0.2) is 18.2 Å². The number of carboxylic acids is 1. The first-order valence-corrected chi connectivity index (χ1v) is 8.17. The fraction of sp³-hybridized carbons (Fsp3) is 0.611. The Morgan fingerprint density at radius 3 is 2.82 bits per heavy atom. The molecule has 0 amide bonds. The van der Waals surface area contributed by atoms with Crippen LogP contribution in [0.4, 0.5) is 0 Å². The summed E-state index contributed by atoms with van der Waals surface area (Å²) in [5.74, 6) is -0.737. The lowest BCUT2D eigenvalue weighted by Crippen LogP contribution is -2.36. The molecule has 1 unspecified atom stereocenters. The van der Waals surface area contributed by atoms with Gasteiger partial charge in [-0.2, -0.15) is 0 Å². The van der Waals surface area contributed by atoms with E-state index in [4.69, 9.17) is 5.11 Å². The van der Waals surface area contributed by atoms with E-state index in [1.165, 1.54) is 16.7 Å². The van der Waals surface area contributed by atoms with Crippen LogP contribution in [0.5, 0.6) is 0 Å². The zero-order valence-electron chi connectivity index (χ0n) is 14.0. The van der Waals surface area contributed by atoms with Crippen molar-refractivity contribution in [1.29, 1.82) is 0 Å². The Balaban J connectivity index is 1.93. The quantitative estimate of drug-likeness (QED) is 0.908. The van der Waals surface area contributed by atoms with Crippen LogP contribution < -0.4 is 0 Å². The van der Waals surface area contributed by atoms with Crippen molar-refractivity contribution >= 4 is 5.97 Å². The van der Waals surface area contributed by atoms with Gasteiger partial charge in [0.2, 0.25) is 0 Å². The number of hydrogen-bond donors (Lipinski definition) is 1. The van der Waals surface area contributed by atoms with Crippen LogP contribution in [0.1, 0.15) is 36.0 Å². The average Bonchev–Trinajstić information content (AvgIpc) is 2.69. The summed E-state index contributed by atoms with van der Waals surface area (Å²) in [4.78, 5) is 15.4. The topological polar surface area (TPSA) is 43.8 Å². The molecule has 0 spiro atoms. The van der Waals surface area contributed by atoms with E-state index >= 15 is 0 Å². The van der Waals surface area contributed by atoms with E-state index in [-0.39, 0.29) is 6.54 Å². The average molecular weight is 304 g/mol. The third-order valence-corrected chi connectivity index (χ3v) is 4.91. The summed E-state index contributed by atoms with van der Waals surface area (Å²) in [6.07, 6.45) is 3.28. The van der Waals surface area contributed by atoms with Crippen molar-refractivity contribution < 1.29 is 9.90 Å². The van der Waals surface area contributed by atoms with Gasteiger partial charge in [-0.1, -0.05) is 18.2 Å². The molecular formula is C18H28N2O2. The van der Waals surface area contributed by atoms with E-state index in [1.807, 2.05) is 11.9 Å². The van der Waals surface area contributed by atoms with Crippen molar-refractivity contribution in [2.45, 2.75) is 45.7 Å². The Morgan fingerprint density at radius 1 is 1.32 bits per heavy atom. The highest BCUT2D eigenvalue weighted by atomic mass is 16.4. The summed E-state index contributed by atoms with van der Waals surface area (Å²) in [6, 6.07) is 6.91. The van der Waals surface area contributed by atoms with Crippen LogP contribution in [-0.4, -0.2) is 53.6 Å². The number of rotatable bonds is 5. The lowest BCUT2D eigenvalue weighted by molar-refractivity contribution is -0.138. The second-order valence-corrected chi connectivity index (χ2v) is 6.53. The van der Waals surface area contributed by atoms with E-state index in [0.717, 1.165) is 38.9 Å². The number of carbonyl (C=O) groups is 1. The molecule has 122 valence electrons. The highest BCUT2D eigenvalue weighted by Crippen LogP contribution is 2.20. The molecule has 1 saturated heterocycles. The Morgan fingerprint density at radius 2 is 2.09 bits per heavy atom. The van der Waals surface area contributed by atoms with Crippen LogP contribution >= 0.6 is 0 Å². The molecule has 1 aliphatic rings. The minimum Gasteiger partial charge on any atom is -0.480 e. The molecule has 1 heterocycles. The van der Waals surface area contributed by atoms with Gasteiger partial charge >= 0.3 is 5.97 Å². The number of nitrogens with zero attached hydrogens (tertiary/aromatic N) is 2. The fourth-order valence-electron chi connectivity index (χ4n) is 3.30. The van der Waals surface area contributed by atoms with E-state index in [1.54, 1.807) is 0 Å². The van der Waals surface area contributed by atoms with Crippen LogP contribution in [-0.2, 0) is 11.3 Å². The number of carboxylic acid groups (broad SMARTS) is 1. The fourth-order valence-corrected chi connectivity index (χ4v) is 3.30. The van der Waals surface area contributed by atoms with Crippen molar-refractivity contribution in [3.63, 3.8) is 0 Å². The maximum Gasteiger partial charge on any atom is 0.317 e. The molecule has 0 aromatic heterocycles. The number of aryl methyl sites for hydroxylation is 1. The summed E-state index contributed by atoms with van der Waals surface area (Å²) in [6.45, 7) is 7.65. The number of benzene rings is 1. The number of hydrogen-bond acceptors (Lipinski definition) is 3. The summed E-state index contributed by atoms with van der Waals surface area (Å²) >= 11 is 0. The van der Waals surface area contributed by atoms with Crippen molar-refractivity contribution in [3.05, 3.63) is 34.9 Å². The second-order valence-electron chi connectivity index (χ2n) is 6.53. The zero-order chi connectivity index (χ0) is 16.1. The van der Waals surface area contributed by atoms with Gasteiger partial charge in [-0.05, 0) is 69.9 Å². The second kappa shape index (κ2) is 7.75. The summed E-state index contributed by atoms with van der Waals surface area (Å²) in [5.41, 5.74) is 4.16. The molecular weight excluding hydrogens is 276 g/mol. The molecule has 4 nitrogen and oxygen atoms in total. The first kappa shape index (κ1) is 17.0. The third-order valence-electron chi connectivity index (χ3n) is 4.91. The molecule has 4 heteroatoms. The maximum absolute atomic E-state index is 10.9. The van der Waals surface area contributed by atoms with Crippen molar-refractivity contribution in [2.75, 3.05) is 26.7 Å². The largest absolute Gasteiger partial charge is 0.480 e. The van der Waals surface area contributed by atoms with Gasteiger partial charge in [-0.3, -0.25) is 14.6 Å². The monoisotopic (exact) mass is 304 g/mol. The van der Waals surface area contributed by atoms with E-state index < -0.39 is 5.97 Å². The molecule has 0 aliphatic carbocycles. The van der Waals surface area contributed by atoms with Crippen LogP contribution in [0, 0.1) is 13.8 Å². The molecule has 1 fully saturated rings. The third kappa shape index (κ3) is 4.55. The summed E-state index contributed by atoms with van der Waals surface area (Å²) < 4.78 is 0. The number of aliphatic carboxylic acids is 1. The van der Waals surface area contributed by atoms with Gasteiger partial charge in [0.05, 0.1) is 6.54 Å². The SMILES string of the molecule is Cc1cccc(CN2CCCC(N(C)CC(=O)O)CC2)c1C. The van der Waals surface area contributed by atoms with E-state index in [2.05, 4.69) is 36.9 Å². The maximum atomic E-state index is 10.9. The first-order chi connectivity index (χ1) is 10.5. The highest BCUT2D eigenvalue weighted by Gasteiger charge is 2.21. The predicted octanol–water partition coefficient (Wildman–Crippen LogP) is 2.67. The standard InChI is InChI=1S/C18H28N2O2/c1-14-6-4-7-16(15(14)2)12-20-10-5-8-17(9-11-20)19(3)13-18(21)22/h4,6-7,17H,5,8-13H2,1-3H3,(H,21,22). The van der Waals surface area contributed by atoms with Gasteiger partial charge in [0.15, 0.2) is 0 Å². The molecule has 0 bridgehead atoms. The summed E-state index contributed by atoms with van der Waals surface area (Å²) in [7, 11) is 1.93. The molecule has 1 atom stereocenters. The Bertz CT molecular complexity index is 516. The Labute approximate surface area is 133 Å². The lowest BCUT2D eigenvalue weighted by atomic mass is 10.0. The van der Waals surface area contributed by atoms with Gasteiger partial charge in [-0.15, -0.1) is 0 Å². The minimum absolute atomic E-state index is 0.141. The van der Waals surface area contributed by atoms with Crippen molar-refractivity contribution in [1.82, 2.24) is 9.80 Å². The Hall–Kier alpha value is -1.39. The first-order valence-electron chi connectivity index (χ1n) is 8.17. The van der Waals surface area contributed by atoms with Gasteiger partial charge in [0, 0.05) is 12.6 Å². The zero-order valence-corrected chi connectivity index (χ0v) is 14.0.